The molecule has 3 aliphatic heterocycles. The molecule has 0 spiro atoms. The van der Waals surface area contributed by atoms with E-state index in [1.165, 1.54) is 0 Å². The third kappa shape index (κ3) is 4.07. The summed E-state index contributed by atoms with van der Waals surface area (Å²) >= 11 is 0. The molecule has 8 nitrogen and oxygen atoms in total. The summed E-state index contributed by atoms with van der Waals surface area (Å²) in [7, 11) is 0. The first kappa shape index (κ1) is 19.8. The second-order valence-corrected chi connectivity index (χ2v) is 8.41. The summed E-state index contributed by atoms with van der Waals surface area (Å²) in [4.78, 5) is 31.7. The minimum Gasteiger partial charge on any atom is -0.490 e. The van der Waals surface area contributed by atoms with Gasteiger partial charge in [0.05, 0.1) is 17.8 Å². The highest BCUT2D eigenvalue weighted by Crippen LogP contribution is 2.33. The molecule has 0 aliphatic carbocycles. The van der Waals surface area contributed by atoms with Gasteiger partial charge >= 0.3 is 0 Å². The van der Waals surface area contributed by atoms with Crippen molar-refractivity contribution in [2.24, 2.45) is 5.92 Å². The van der Waals surface area contributed by atoms with Crippen molar-refractivity contribution in [3.63, 3.8) is 0 Å². The highest BCUT2D eigenvalue weighted by Gasteiger charge is 2.29. The molecule has 1 aromatic heterocycles. The van der Waals surface area contributed by atoms with Gasteiger partial charge in [-0.25, -0.2) is 4.98 Å². The van der Waals surface area contributed by atoms with Crippen molar-refractivity contribution >= 4 is 29.0 Å². The Hall–Kier alpha value is -3.13. The summed E-state index contributed by atoms with van der Waals surface area (Å²) in [5, 5.41) is 6.00. The third-order valence-electron chi connectivity index (χ3n) is 6.06. The Morgan fingerprint density at radius 1 is 1.29 bits per heavy atom. The van der Waals surface area contributed by atoms with Crippen LogP contribution in [0.2, 0.25) is 0 Å². The van der Waals surface area contributed by atoms with Crippen LogP contribution in [-0.4, -0.2) is 49.2 Å². The van der Waals surface area contributed by atoms with Gasteiger partial charge < -0.3 is 25.0 Å². The van der Waals surface area contributed by atoms with E-state index in [4.69, 9.17) is 9.47 Å². The summed E-state index contributed by atoms with van der Waals surface area (Å²) in [5.74, 6) is 1.62. The van der Waals surface area contributed by atoms with Crippen molar-refractivity contribution in [2.45, 2.75) is 32.3 Å². The number of rotatable bonds is 4. The average Bonchev–Trinajstić information content (AvgIpc) is 3.15. The van der Waals surface area contributed by atoms with Crippen LogP contribution >= 0.6 is 0 Å². The molecular weight excluding hydrogens is 396 g/mol. The van der Waals surface area contributed by atoms with Gasteiger partial charge in [0.1, 0.15) is 17.7 Å². The van der Waals surface area contributed by atoms with Gasteiger partial charge in [0.2, 0.25) is 5.91 Å². The number of carbonyl (C=O) groups is 2. The summed E-state index contributed by atoms with van der Waals surface area (Å²) in [6.07, 6.45) is 4.38. The summed E-state index contributed by atoms with van der Waals surface area (Å²) < 4.78 is 11.2. The molecule has 2 aromatic rings. The van der Waals surface area contributed by atoms with Gasteiger partial charge in [0, 0.05) is 38.1 Å². The van der Waals surface area contributed by atoms with Crippen LogP contribution in [0.5, 0.6) is 5.75 Å². The Morgan fingerprint density at radius 2 is 2.13 bits per heavy atom. The third-order valence-corrected chi connectivity index (χ3v) is 6.06. The monoisotopic (exact) mass is 422 g/mol. The Labute approximate surface area is 180 Å². The van der Waals surface area contributed by atoms with Crippen molar-refractivity contribution < 1.29 is 19.1 Å². The molecule has 162 valence electrons. The number of amides is 2. The molecule has 1 atom stereocenters. The number of nitrogens with zero attached hydrogens (tertiary/aromatic N) is 2. The van der Waals surface area contributed by atoms with Crippen molar-refractivity contribution in [3.05, 3.63) is 41.6 Å². The zero-order valence-electron chi connectivity index (χ0n) is 17.5. The lowest BCUT2D eigenvalue weighted by Gasteiger charge is -2.33. The second kappa shape index (κ2) is 8.19. The van der Waals surface area contributed by atoms with Crippen LogP contribution in [0.25, 0.3) is 0 Å². The molecule has 1 fully saturated rings. The number of ether oxygens (including phenoxy) is 2. The minimum absolute atomic E-state index is 0.00825. The molecule has 5 rings (SSSR count). The van der Waals surface area contributed by atoms with Gasteiger partial charge in [0.15, 0.2) is 0 Å². The number of pyridine rings is 1. The van der Waals surface area contributed by atoms with Crippen molar-refractivity contribution in [1.29, 1.82) is 0 Å². The number of benzene rings is 1. The van der Waals surface area contributed by atoms with Crippen LogP contribution in [0.4, 0.5) is 17.2 Å². The Kier molecular flexibility index (Phi) is 5.23. The molecule has 3 aliphatic rings. The second-order valence-electron chi connectivity index (χ2n) is 8.41. The fourth-order valence-corrected chi connectivity index (χ4v) is 4.40. The fourth-order valence-electron chi connectivity index (χ4n) is 4.40. The molecular formula is C23H26N4O4. The van der Waals surface area contributed by atoms with Gasteiger partial charge in [-0.2, -0.15) is 0 Å². The Morgan fingerprint density at radius 3 is 2.97 bits per heavy atom. The van der Waals surface area contributed by atoms with Crippen molar-refractivity contribution in [3.8, 4) is 5.75 Å². The zero-order chi connectivity index (χ0) is 21.4. The van der Waals surface area contributed by atoms with E-state index in [0.29, 0.717) is 35.2 Å². The quantitative estimate of drug-likeness (QED) is 0.787. The van der Waals surface area contributed by atoms with Crippen molar-refractivity contribution in [1.82, 2.24) is 4.98 Å². The van der Waals surface area contributed by atoms with E-state index in [-0.39, 0.29) is 24.5 Å². The maximum Gasteiger partial charge on any atom is 0.257 e. The largest absolute Gasteiger partial charge is 0.490 e. The highest BCUT2D eigenvalue weighted by atomic mass is 16.5. The summed E-state index contributed by atoms with van der Waals surface area (Å²) in [5.41, 5.74) is 2.88. The molecule has 2 amide bonds. The highest BCUT2D eigenvalue weighted by molar-refractivity contribution is 6.07. The van der Waals surface area contributed by atoms with E-state index in [0.717, 1.165) is 43.8 Å². The smallest absolute Gasteiger partial charge is 0.257 e. The average molecular weight is 422 g/mol. The van der Waals surface area contributed by atoms with Crippen LogP contribution in [0.15, 0.2) is 30.5 Å². The number of anilines is 3. The van der Waals surface area contributed by atoms with Gasteiger partial charge in [0.25, 0.3) is 5.91 Å². The zero-order valence-corrected chi connectivity index (χ0v) is 17.5. The number of hydrogen-bond donors (Lipinski definition) is 2. The maximum absolute atomic E-state index is 12.9. The predicted octanol–water partition coefficient (Wildman–Crippen LogP) is 2.84. The lowest BCUT2D eigenvalue weighted by atomic mass is 9.99. The van der Waals surface area contributed by atoms with E-state index in [2.05, 4.69) is 15.6 Å². The normalized spacial score (nSPS) is 20.5. The molecule has 2 N–H and O–H groups in total. The number of fused-ring (bicyclic) bond motifs is 2. The lowest BCUT2D eigenvalue weighted by Crippen LogP contribution is -2.44. The topological polar surface area (TPSA) is 92.8 Å². The lowest BCUT2D eigenvalue weighted by molar-refractivity contribution is -0.117. The van der Waals surface area contributed by atoms with Gasteiger partial charge in [-0.15, -0.1) is 0 Å². The molecule has 0 saturated carbocycles. The molecule has 1 saturated heterocycles. The number of carbonyl (C=O) groups excluding carboxylic acids is 2. The van der Waals surface area contributed by atoms with Crippen LogP contribution in [0.1, 0.15) is 35.7 Å². The fraction of sp³-hybridized carbons (Fsp3) is 0.435. The van der Waals surface area contributed by atoms with Crippen LogP contribution in [-0.2, 0) is 16.0 Å². The standard InChI is InChI=1S/C23H26N4O4/c1-14-8-16-9-18(2-3-20(16)31-14)26-23(29)17-10-19-22(24-11-17)25-12-21(28)27(19)13-15-4-6-30-7-5-15/h2-3,9-11,14-15H,4-8,12-13H2,1H3,(H,24,25)(H,26,29). The molecule has 1 aromatic carbocycles. The van der Waals surface area contributed by atoms with Gasteiger partial charge in [-0.1, -0.05) is 0 Å². The predicted molar refractivity (Wildman–Crippen MR) is 117 cm³/mol. The van der Waals surface area contributed by atoms with Gasteiger partial charge in [-0.3, -0.25) is 9.59 Å². The molecule has 4 heterocycles. The first-order valence-corrected chi connectivity index (χ1v) is 10.8. The molecule has 31 heavy (non-hydrogen) atoms. The summed E-state index contributed by atoms with van der Waals surface area (Å²) in [6.45, 7) is 4.31. The van der Waals surface area contributed by atoms with E-state index < -0.39 is 0 Å². The number of hydrogen-bond acceptors (Lipinski definition) is 6. The summed E-state index contributed by atoms with van der Waals surface area (Å²) in [6, 6.07) is 7.42. The maximum atomic E-state index is 12.9. The molecule has 1 unspecified atom stereocenters. The van der Waals surface area contributed by atoms with Crippen molar-refractivity contribution in [2.75, 3.05) is 41.8 Å². The number of aromatic nitrogens is 1. The first-order valence-electron chi connectivity index (χ1n) is 10.8. The SMILES string of the molecule is CC1Cc2cc(NC(=O)c3cnc4c(c3)N(CC3CCOCC3)C(=O)CN4)ccc2O1. The molecule has 0 bridgehead atoms. The van der Waals surface area contributed by atoms with E-state index in [9.17, 15) is 9.59 Å². The van der Waals surface area contributed by atoms with Crippen LogP contribution < -0.4 is 20.3 Å². The Balaban J connectivity index is 1.35. The molecule has 8 heteroatoms. The first-order chi connectivity index (χ1) is 15.1. The van der Waals surface area contributed by atoms with E-state index in [1.807, 2.05) is 25.1 Å². The van der Waals surface area contributed by atoms with E-state index in [1.54, 1.807) is 17.2 Å². The van der Waals surface area contributed by atoms with Crippen LogP contribution in [0, 0.1) is 5.92 Å². The van der Waals surface area contributed by atoms with E-state index >= 15 is 0 Å². The molecule has 0 radical (unpaired) electrons. The minimum atomic E-state index is -0.258. The van der Waals surface area contributed by atoms with Crippen LogP contribution in [0.3, 0.4) is 0 Å². The van der Waals surface area contributed by atoms with Gasteiger partial charge in [-0.05, 0) is 55.5 Å². The number of nitrogens with one attached hydrogen (secondary N) is 2. The Bertz CT molecular complexity index is 1020.